The Bertz CT molecular complexity index is 877. The zero-order chi connectivity index (χ0) is 19.6. The fraction of sp³-hybridized carbons (Fsp3) is 0.400. The highest BCUT2D eigenvalue weighted by atomic mass is 35.5. The van der Waals surface area contributed by atoms with Crippen LogP contribution in [0.15, 0.2) is 47.7 Å². The number of aliphatic carboxylic acids is 1. The van der Waals surface area contributed by atoms with E-state index in [2.05, 4.69) is 24.8 Å². The third-order valence-electron chi connectivity index (χ3n) is 5.23. The molecule has 0 spiro atoms. The summed E-state index contributed by atoms with van der Waals surface area (Å²) in [6.07, 6.45) is 4.44. The van der Waals surface area contributed by atoms with E-state index in [1.807, 2.05) is 24.3 Å². The minimum Gasteiger partial charge on any atom is -0.479 e. The van der Waals surface area contributed by atoms with Gasteiger partial charge in [0, 0.05) is 50.1 Å². The zero-order valence-corrected chi connectivity index (χ0v) is 16.2. The average molecular weight is 400 g/mol. The van der Waals surface area contributed by atoms with Gasteiger partial charge in [-0.1, -0.05) is 29.8 Å². The summed E-state index contributed by atoms with van der Waals surface area (Å²) in [7, 11) is 0. The number of aromatic nitrogens is 2. The lowest BCUT2D eigenvalue weighted by Gasteiger charge is -2.36. The lowest BCUT2D eigenvalue weighted by Crippen LogP contribution is -2.49. The maximum absolute atomic E-state index is 11.6. The molecule has 146 valence electrons. The molecule has 1 N–H and O–H groups in total. The highest BCUT2D eigenvalue weighted by Crippen LogP contribution is 2.40. The molecule has 1 aromatic heterocycles. The monoisotopic (exact) mass is 399 g/mol. The molecule has 0 unspecified atom stereocenters. The normalized spacial score (nSPS) is 19.5. The van der Waals surface area contributed by atoms with Gasteiger partial charge < -0.3 is 10.0 Å². The van der Waals surface area contributed by atoms with Gasteiger partial charge in [0.1, 0.15) is 0 Å². The molecule has 2 aromatic rings. The average Bonchev–Trinajstić information content (AvgIpc) is 3.51. The van der Waals surface area contributed by atoms with Crippen LogP contribution in [0.1, 0.15) is 24.2 Å². The number of amidine groups is 1. The molecule has 2 heterocycles. The predicted molar refractivity (Wildman–Crippen MR) is 106 cm³/mol. The first-order valence-corrected chi connectivity index (χ1v) is 9.76. The standard InChI is InChI=1S/C20H22ClN5O2/c21-16-5-2-1-4-15(16)14-25-10-12-26(13-11-25)18(17-22-8-3-9-23-17)24-20(6-7-20)19(27)28/h1-5,8-9H,6-7,10-14H2,(H,27,28)/b24-18+. The summed E-state index contributed by atoms with van der Waals surface area (Å²) < 4.78 is 0. The maximum atomic E-state index is 11.6. The minimum absolute atomic E-state index is 0.481. The van der Waals surface area contributed by atoms with E-state index in [0.29, 0.717) is 24.5 Å². The van der Waals surface area contributed by atoms with E-state index in [-0.39, 0.29) is 0 Å². The summed E-state index contributed by atoms with van der Waals surface area (Å²) in [6.45, 7) is 3.92. The van der Waals surface area contributed by atoms with E-state index in [9.17, 15) is 9.90 Å². The first kappa shape index (κ1) is 18.8. The van der Waals surface area contributed by atoms with Gasteiger partial charge in [0.15, 0.2) is 17.2 Å². The Hall–Kier alpha value is -2.51. The van der Waals surface area contributed by atoms with Crippen molar-refractivity contribution < 1.29 is 9.90 Å². The molecule has 7 nitrogen and oxygen atoms in total. The fourth-order valence-electron chi connectivity index (χ4n) is 3.36. The van der Waals surface area contributed by atoms with Crippen LogP contribution >= 0.6 is 11.6 Å². The molecular weight excluding hydrogens is 378 g/mol. The van der Waals surface area contributed by atoms with Gasteiger partial charge in [-0.2, -0.15) is 0 Å². The molecule has 2 fully saturated rings. The van der Waals surface area contributed by atoms with Gasteiger partial charge in [-0.15, -0.1) is 0 Å². The third kappa shape index (κ3) is 4.00. The summed E-state index contributed by atoms with van der Waals surface area (Å²) in [5.41, 5.74) is 0.101. The van der Waals surface area contributed by atoms with Crippen molar-refractivity contribution in [1.29, 1.82) is 0 Å². The van der Waals surface area contributed by atoms with Gasteiger partial charge in [-0.05, 0) is 30.5 Å². The minimum atomic E-state index is -1.01. The summed E-state index contributed by atoms with van der Waals surface area (Å²) in [4.78, 5) is 29.3. The van der Waals surface area contributed by atoms with Crippen molar-refractivity contribution in [2.45, 2.75) is 24.9 Å². The second-order valence-electron chi connectivity index (χ2n) is 7.20. The Labute approximate surface area is 168 Å². The number of carboxylic acid groups (broad SMARTS) is 1. The van der Waals surface area contributed by atoms with E-state index in [1.165, 1.54) is 0 Å². The van der Waals surface area contributed by atoms with Gasteiger partial charge in [-0.25, -0.2) is 19.8 Å². The topological polar surface area (TPSA) is 81.9 Å². The van der Waals surface area contributed by atoms with E-state index in [0.717, 1.165) is 43.3 Å². The Kier molecular flexibility index (Phi) is 5.28. The molecule has 0 amide bonds. The number of piperazine rings is 1. The summed E-state index contributed by atoms with van der Waals surface area (Å²) >= 11 is 6.28. The molecule has 0 atom stereocenters. The van der Waals surface area contributed by atoms with Gasteiger partial charge in [-0.3, -0.25) is 4.90 Å². The van der Waals surface area contributed by atoms with Crippen LogP contribution in [0.4, 0.5) is 0 Å². The van der Waals surface area contributed by atoms with Crippen LogP contribution in [-0.2, 0) is 11.3 Å². The Balaban J connectivity index is 1.49. The van der Waals surface area contributed by atoms with Crippen molar-refractivity contribution in [3.05, 3.63) is 59.1 Å². The molecule has 2 aliphatic rings. The number of nitrogens with zero attached hydrogens (tertiary/aromatic N) is 5. The van der Waals surface area contributed by atoms with Crippen LogP contribution in [0.3, 0.4) is 0 Å². The van der Waals surface area contributed by atoms with Crippen molar-refractivity contribution in [1.82, 2.24) is 19.8 Å². The third-order valence-corrected chi connectivity index (χ3v) is 5.60. The van der Waals surface area contributed by atoms with Crippen LogP contribution < -0.4 is 0 Å². The second-order valence-corrected chi connectivity index (χ2v) is 7.61. The molecular formula is C20H22ClN5O2. The van der Waals surface area contributed by atoms with Gasteiger partial charge in [0.05, 0.1) is 0 Å². The predicted octanol–water partition coefficient (Wildman–Crippen LogP) is 2.31. The molecule has 0 radical (unpaired) electrons. The highest BCUT2D eigenvalue weighted by Gasteiger charge is 2.51. The summed E-state index contributed by atoms with van der Waals surface area (Å²) in [5, 5.41) is 10.3. The highest BCUT2D eigenvalue weighted by molar-refractivity contribution is 6.31. The number of carbonyl (C=O) groups is 1. The SMILES string of the molecule is O=C(O)C1(/N=C(\c2ncccn2)N2CCN(Cc3ccccc3Cl)CC2)CC1. The Morgan fingerprint density at radius 3 is 2.39 bits per heavy atom. The largest absolute Gasteiger partial charge is 0.479 e. The molecule has 8 heteroatoms. The van der Waals surface area contributed by atoms with Crippen LogP contribution in [0.5, 0.6) is 0 Å². The quantitative estimate of drug-likeness (QED) is 0.613. The van der Waals surface area contributed by atoms with Crippen molar-refractivity contribution >= 4 is 23.4 Å². The number of benzene rings is 1. The zero-order valence-electron chi connectivity index (χ0n) is 15.5. The fourth-order valence-corrected chi connectivity index (χ4v) is 3.55. The number of carboxylic acids is 1. The molecule has 1 aromatic carbocycles. The molecule has 1 aliphatic heterocycles. The molecule has 1 aliphatic carbocycles. The number of rotatable bonds is 5. The van der Waals surface area contributed by atoms with Crippen LogP contribution in [0.2, 0.25) is 5.02 Å². The van der Waals surface area contributed by atoms with Crippen LogP contribution in [-0.4, -0.2) is 68.4 Å². The molecule has 28 heavy (non-hydrogen) atoms. The summed E-state index contributed by atoms with van der Waals surface area (Å²) in [6, 6.07) is 9.62. The first-order valence-electron chi connectivity index (χ1n) is 9.39. The van der Waals surface area contributed by atoms with Gasteiger partial charge in [0.25, 0.3) is 0 Å². The second kappa shape index (κ2) is 7.85. The van der Waals surface area contributed by atoms with Crippen LogP contribution in [0, 0.1) is 0 Å². The number of halogens is 1. The van der Waals surface area contributed by atoms with Crippen LogP contribution in [0.25, 0.3) is 0 Å². The van der Waals surface area contributed by atoms with Gasteiger partial charge >= 0.3 is 5.97 Å². The lowest BCUT2D eigenvalue weighted by molar-refractivity contribution is -0.139. The number of aliphatic imine (C=N–C) groups is 1. The molecule has 1 saturated carbocycles. The van der Waals surface area contributed by atoms with E-state index < -0.39 is 11.5 Å². The maximum Gasteiger partial charge on any atom is 0.331 e. The van der Waals surface area contributed by atoms with E-state index in [1.54, 1.807) is 18.5 Å². The lowest BCUT2D eigenvalue weighted by atomic mass is 10.2. The molecule has 1 saturated heterocycles. The number of hydrogen-bond donors (Lipinski definition) is 1. The van der Waals surface area contributed by atoms with Crippen molar-refractivity contribution in [3.8, 4) is 0 Å². The van der Waals surface area contributed by atoms with Crippen molar-refractivity contribution in [2.24, 2.45) is 4.99 Å². The molecule has 4 rings (SSSR count). The summed E-state index contributed by atoms with van der Waals surface area (Å²) in [5.74, 6) is 0.186. The number of hydrogen-bond acceptors (Lipinski definition) is 5. The van der Waals surface area contributed by atoms with E-state index >= 15 is 0 Å². The Morgan fingerprint density at radius 2 is 1.79 bits per heavy atom. The van der Waals surface area contributed by atoms with Gasteiger partial charge in [0.2, 0.25) is 0 Å². The van der Waals surface area contributed by atoms with Crippen molar-refractivity contribution in [3.63, 3.8) is 0 Å². The Morgan fingerprint density at radius 1 is 1.11 bits per heavy atom. The smallest absolute Gasteiger partial charge is 0.331 e. The van der Waals surface area contributed by atoms with Crippen molar-refractivity contribution in [2.75, 3.05) is 26.2 Å². The molecule has 0 bridgehead atoms. The first-order chi connectivity index (χ1) is 13.6. The van der Waals surface area contributed by atoms with E-state index in [4.69, 9.17) is 11.6 Å².